The van der Waals surface area contributed by atoms with Gasteiger partial charge in [-0.1, -0.05) is 36.4 Å². The lowest BCUT2D eigenvalue weighted by Gasteiger charge is -2.35. The molecule has 28 heavy (non-hydrogen) atoms. The van der Waals surface area contributed by atoms with Crippen LogP contribution in [-0.2, 0) is 16.0 Å². The predicted molar refractivity (Wildman–Crippen MR) is 108 cm³/mol. The van der Waals surface area contributed by atoms with E-state index in [2.05, 4.69) is 16.3 Å². The van der Waals surface area contributed by atoms with Crippen molar-refractivity contribution in [1.82, 2.24) is 10.2 Å². The number of hydrogen-bond acceptors (Lipinski definition) is 5. The van der Waals surface area contributed by atoms with Gasteiger partial charge in [-0.15, -0.1) is 12.4 Å². The molecule has 2 aliphatic rings. The fourth-order valence-electron chi connectivity index (χ4n) is 3.52. The quantitative estimate of drug-likeness (QED) is 0.801. The molecule has 4 rings (SSSR count). The molecule has 2 aromatic carbocycles. The van der Waals surface area contributed by atoms with Crippen molar-refractivity contribution in [3.8, 4) is 11.5 Å². The summed E-state index contributed by atoms with van der Waals surface area (Å²) in [6.07, 6.45) is 0.387. The zero-order valence-electron chi connectivity index (χ0n) is 15.6. The van der Waals surface area contributed by atoms with Gasteiger partial charge in [0.05, 0.1) is 25.7 Å². The largest absolute Gasteiger partial charge is 0.454 e. The van der Waals surface area contributed by atoms with Gasteiger partial charge in [-0.05, 0) is 23.3 Å². The highest BCUT2D eigenvalue weighted by molar-refractivity contribution is 5.85. The lowest BCUT2D eigenvalue weighted by molar-refractivity contribution is -0.120. The van der Waals surface area contributed by atoms with Crippen LogP contribution < -0.4 is 14.8 Å². The van der Waals surface area contributed by atoms with Crippen LogP contribution >= 0.6 is 12.4 Å². The Balaban J connectivity index is 0.00000225. The number of ether oxygens (including phenoxy) is 3. The third kappa shape index (κ3) is 4.95. The van der Waals surface area contributed by atoms with Gasteiger partial charge in [0.1, 0.15) is 0 Å². The fourth-order valence-corrected chi connectivity index (χ4v) is 3.52. The lowest BCUT2D eigenvalue weighted by atomic mass is 10.0. The molecule has 6 nitrogen and oxygen atoms in total. The summed E-state index contributed by atoms with van der Waals surface area (Å²) in [5.41, 5.74) is 2.13. The van der Waals surface area contributed by atoms with Crippen LogP contribution in [0.3, 0.4) is 0 Å². The summed E-state index contributed by atoms with van der Waals surface area (Å²) in [4.78, 5) is 14.8. The number of benzene rings is 2. The summed E-state index contributed by atoms with van der Waals surface area (Å²) in [7, 11) is 0. The predicted octanol–water partition coefficient (Wildman–Crippen LogP) is 2.57. The third-order valence-electron chi connectivity index (χ3n) is 4.97. The molecule has 2 heterocycles. The molecule has 0 spiro atoms. The molecule has 1 atom stereocenters. The highest BCUT2D eigenvalue weighted by atomic mass is 35.5. The van der Waals surface area contributed by atoms with E-state index >= 15 is 0 Å². The van der Waals surface area contributed by atoms with Crippen LogP contribution in [0, 0.1) is 0 Å². The zero-order chi connectivity index (χ0) is 18.5. The van der Waals surface area contributed by atoms with E-state index in [1.54, 1.807) is 0 Å². The number of amides is 1. The number of halogens is 1. The highest BCUT2D eigenvalue weighted by Crippen LogP contribution is 2.35. The number of carbonyl (C=O) groups excluding carboxylic acids is 1. The van der Waals surface area contributed by atoms with E-state index in [0.717, 1.165) is 35.7 Å². The van der Waals surface area contributed by atoms with E-state index in [-0.39, 0.29) is 31.1 Å². The van der Waals surface area contributed by atoms with E-state index < -0.39 is 0 Å². The first kappa shape index (κ1) is 20.5. The minimum Gasteiger partial charge on any atom is -0.454 e. The highest BCUT2D eigenvalue weighted by Gasteiger charge is 2.25. The molecule has 1 amide bonds. The van der Waals surface area contributed by atoms with Crippen molar-refractivity contribution < 1.29 is 19.0 Å². The fraction of sp³-hybridized carbons (Fsp3) is 0.381. The van der Waals surface area contributed by atoms with Gasteiger partial charge >= 0.3 is 0 Å². The van der Waals surface area contributed by atoms with Crippen LogP contribution in [0.5, 0.6) is 11.5 Å². The van der Waals surface area contributed by atoms with Crippen molar-refractivity contribution in [2.75, 3.05) is 39.6 Å². The van der Waals surface area contributed by atoms with E-state index in [4.69, 9.17) is 14.2 Å². The van der Waals surface area contributed by atoms with Crippen molar-refractivity contribution in [3.05, 3.63) is 59.7 Å². The Morgan fingerprint density at radius 3 is 2.57 bits per heavy atom. The van der Waals surface area contributed by atoms with E-state index in [9.17, 15) is 4.79 Å². The van der Waals surface area contributed by atoms with Gasteiger partial charge in [-0.25, -0.2) is 0 Å². The second-order valence-electron chi connectivity index (χ2n) is 6.74. The summed E-state index contributed by atoms with van der Waals surface area (Å²) in [5.74, 6) is 1.56. The first-order chi connectivity index (χ1) is 13.3. The monoisotopic (exact) mass is 404 g/mol. The maximum absolute atomic E-state index is 12.4. The van der Waals surface area contributed by atoms with Crippen LogP contribution in [0.25, 0.3) is 0 Å². The van der Waals surface area contributed by atoms with Crippen molar-refractivity contribution in [1.29, 1.82) is 0 Å². The normalized spacial score (nSPS) is 16.9. The summed E-state index contributed by atoms with van der Waals surface area (Å²) in [5, 5.41) is 3.10. The summed E-state index contributed by atoms with van der Waals surface area (Å²) >= 11 is 0. The molecule has 0 radical (unpaired) electrons. The van der Waals surface area contributed by atoms with E-state index in [1.165, 1.54) is 0 Å². The Hall–Kier alpha value is -2.28. The molecule has 150 valence electrons. The first-order valence-corrected chi connectivity index (χ1v) is 9.31. The van der Waals surface area contributed by atoms with Gasteiger partial charge in [0, 0.05) is 19.6 Å². The summed E-state index contributed by atoms with van der Waals surface area (Å²) in [6, 6.07) is 15.9. The Bertz CT molecular complexity index is 781. The third-order valence-corrected chi connectivity index (χ3v) is 4.97. The standard InChI is InChI=1S/C21H24N2O4.ClH/c24-21(12-16-4-2-1-3-5-16)22-14-18(23-8-10-25-11-9-23)17-6-7-19-20(13-17)27-15-26-19;/h1-7,13,18H,8-12,14-15H2,(H,22,24);1H. The first-order valence-electron chi connectivity index (χ1n) is 9.31. The molecular formula is C21H25ClN2O4. The average Bonchev–Trinajstić information content (AvgIpc) is 3.18. The van der Waals surface area contributed by atoms with Gasteiger partial charge < -0.3 is 19.5 Å². The minimum absolute atomic E-state index is 0. The van der Waals surface area contributed by atoms with Gasteiger partial charge in [-0.2, -0.15) is 0 Å². The SMILES string of the molecule is Cl.O=C(Cc1ccccc1)NCC(c1ccc2c(c1)OCO2)N1CCOCC1. The molecule has 1 unspecified atom stereocenters. The molecular weight excluding hydrogens is 380 g/mol. The molecule has 0 aromatic heterocycles. The summed E-state index contributed by atoms with van der Waals surface area (Å²) in [6.45, 7) is 3.90. The zero-order valence-corrected chi connectivity index (χ0v) is 16.5. The minimum atomic E-state index is 0. The van der Waals surface area contributed by atoms with Crippen LogP contribution in [0.2, 0.25) is 0 Å². The van der Waals surface area contributed by atoms with Crippen molar-refractivity contribution in [3.63, 3.8) is 0 Å². The van der Waals surface area contributed by atoms with Crippen LogP contribution in [0.4, 0.5) is 0 Å². The van der Waals surface area contributed by atoms with E-state index in [0.29, 0.717) is 26.2 Å². The molecule has 0 aliphatic carbocycles. The van der Waals surface area contributed by atoms with E-state index in [1.807, 2.05) is 42.5 Å². The maximum atomic E-state index is 12.4. The second-order valence-corrected chi connectivity index (χ2v) is 6.74. The van der Waals surface area contributed by atoms with Crippen molar-refractivity contribution in [2.45, 2.75) is 12.5 Å². The van der Waals surface area contributed by atoms with Crippen molar-refractivity contribution >= 4 is 18.3 Å². The number of fused-ring (bicyclic) bond motifs is 1. The average molecular weight is 405 g/mol. The second kappa shape index (κ2) is 9.78. The molecule has 0 bridgehead atoms. The molecule has 2 aromatic rings. The molecule has 1 fully saturated rings. The maximum Gasteiger partial charge on any atom is 0.231 e. The number of hydrogen-bond donors (Lipinski definition) is 1. The molecule has 1 N–H and O–H groups in total. The lowest BCUT2D eigenvalue weighted by Crippen LogP contribution is -2.44. The number of nitrogens with zero attached hydrogens (tertiary/aromatic N) is 1. The number of nitrogens with one attached hydrogen (secondary N) is 1. The van der Waals surface area contributed by atoms with Gasteiger partial charge in [0.15, 0.2) is 11.5 Å². The summed E-state index contributed by atoms with van der Waals surface area (Å²) < 4.78 is 16.4. The Kier molecular flexibility index (Phi) is 7.14. The number of morpholine rings is 1. The van der Waals surface area contributed by atoms with Gasteiger partial charge in [0.25, 0.3) is 0 Å². The Morgan fingerprint density at radius 2 is 1.79 bits per heavy atom. The van der Waals surface area contributed by atoms with Crippen LogP contribution in [-0.4, -0.2) is 50.4 Å². The van der Waals surface area contributed by atoms with Gasteiger partial charge in [0.2, 0.25) is 12.7 Å². The number of rotatable bonds is 6. The Labute approximate surface area is 171 Å². The van der Waals surface area contributed by atoms with Gasteiger partial charge in [-0.3, -0.25) is 9.69 Å². The topological polar surface area (TPSA) is 60.0 Å². The molecule has 2 aliphatic heterocycles. The van der Waals surface area contributed by atoms with Crippen molar-refractivity contribution in [2.24, 2.45) is 0 Å². The van der Waals surface area contributed by atoms with Crippen LogP contribution in [0.1, 0.15) is 17.2 Å². The molecule has 1 saturated heterocycles. The van der Waals surface area contributed by atoms with Crippen LogP contribution in [0.15, 0.2) is 48.5 Å². The smallest absolute Gasteiger partial charge is 0.231 e. The number of carbonyl (C=O) groups is 1. The Morgan fingerprint density at radius 1 is 1.04 bits per heavy atom. The molecule has 7 heteroatoms. The molecule has 0 saturated carbocycles.